The molecule has 4 N–H and O–H groups in total. The Kier molecular flexibility index (Phi) is 4.94. The molecule has 0 radical (unpaired) electrons. The molecule has 1 aromatic carbocycles. The highest BCUT2D eigenvalue weighted by Gasteiger charge is 2.27. The number of aliphatic hydroxyl groups is 1. The van der Waals surface area contributed by atoms with Crippen LogP contribution in [0.15, 0.2) is 29.2 Å². The van der Waals surface area contributed by atoms with Crippen LogP contribution >= 0.6 is 0 Å². The molecule has 1 heterocycles. The number of benzene rings is 1. The molecular weight excluding hydrogens is 294 g/mol. The van der Waals surface area contributed by atoms with Crippen molar-refractivity contribution in [2.75, 3.05) is 26.2 Å². The number of amides is 1. The van der Waals surface area contributed by atoms with Crippen molar-refractivity contribution >= 4 is 15.9 Å². The minimum atomic E-state index is -3.76. The molecule has 0 bridgehead atoms. The zero-order valence-electron chi connectivity index (χ0n) is 11.5. The highest BCUT2D eigenvalue weighted by atomic mass is 32.2. The zero-order valence-corrected chi connectivity index (χ0v) is 12.3. The van der Waals surface area contributed by atoms with Gasteiger partial charge in [0.15, 0.2) is 0 Å². The normalized spacial score (nSPS) is 19.5. The molecule has 1 aromatic rings. The zero-order chi connectivity index (χ0) is 15.5. The van der Waals surface area contributed by atoms with Crippen LogP contribution in [-0.2, 0) is 10.0 Å². The number of hydrogen-bond donors (Lipinski definition) is 3. The lowest BCUT2D eigenvalue weighted by Gasteiger charge is -2.36. The Hall–Kier alpha value is -1.48. The lowest BCUT2D eigenvalue weighted by Crippen LogP contribution is -2.53. The third kappa shape index (κ3) is 3.79. The summed E-state index contributed by atoms with van der Waals surface area (Å²) in [5, 5.41) is 17.3. The first kappa shape index (κ1) is 15.9. The molecule has 1 aliphatic heterocycles. The number of rotatable bonds is 4. The van der Waals surface area contributed by atoms with Crippen molar-refractivity contribution in [3.63, 3.8) is 0 Å². The number of nitrogens with two attached hydrogens (primary N) is 1. The average molecular weight is 313 g/mol. The highest BCUT2D eigenvalue weighted by Crippen LogP contribution is 2.15. The number of carbonyl (C=O) groups is 1. The number of carbonyl (C=O) groups excluding carboxylic acids is 1. The summed E-state index contributed by atoms with van der Waals surface area (Å²) in [5.74, 6) is -0.170. The second-order valence-corrected chi connectivity index (χ2v) is 6.50. The summed E-state index contributed by atoms with van der Waals surface area (Å²) in [5.41, 5.74) is 0.409. The first-order chi connectivity index (χ1) is 9.93. The van der Waals surface area contributed by atoms with Crippen LogP contribution in [0.4, 0.5) is 0 Å². The predicted octanol–water partition coefficient (Wildman–Crippen LogP) is -0.870. The number of primary sulfonamides is 1. The van der Waals surface area contributed by atoms with Gasteiger partial charge < -0.3 is 15.3 Å². The standard InChI is InChI=1S/C13H19N3O4S/c14-21(19,20)12-3-1-10(2-4-12)13(18)16-7-6-15-9-11(16)5-8-17/h1-4,11,15,17H,5-9H2,(H2,14,19,20)/t11-/m0/s1. The lowest BCUT2D eigenvalue weighted by molar-refractivity contribution is 0.0601. The average Bonchev–Trinajstić information content (AvgIpc) is 2.47. The Labute approximate surface area is 123 Å². The van der Waals surface area contributed by atoms with E-state index in [0.717, 1.165) is 0 Å². The number of nitrogens with zero attached hydrogens (tertiary/aromatic N) is 1. The van der Waals surface area contributed by atoms with Crippen molar-refractivity contribution in [3.8, 4) is 0 Å². The van der Waals surface area contributed by atoms with Crippen LogP contribution in [0.5, 0.6) is 0 Å². The van der Waals surface area contributed by atoms with Gasteiger partial charge in [-0.3, -0.25) is 4.79 Å². The smallest absolute Gasteiger partial charge is 0.254 e. The quantitative estimate of drug-likeness (QED) is 0.669. The largest absolute Gasteiger partial charge is 0.396 e. The molecule has 8 heteroatoms. The van der Waals surface area contributed by atoms with Gasteiger partial charge in [0, 0.05) is 37.8 Å². The van der Waals surface area contributed by atoms with E-state index in [1.807, 2.05) is 0 Å². The van der Waals surface area contributed by atoms with Crippen molar-refractivity contribution in [1.29, 1.82) is 0 Å². The van der Waals surface area contributed by atoms with E-state index in [4.69, 9.17) is 10.2 Å². The van der Waals surface area contributed by atoms with Crippen LogP contribution in [0.25, 0.3) is 0 Å². The predicted molar refractivity (Wildman–Crippen MR) is 77.2 cm³/mol. The van der Waals surface area contributed by atoms with Crippen molar-refractivity contribution in [1.82, 2.24) is 10.2 Å². The van der Waals surface area contributed by atoms with Gasteiger partial charge in [-0.1, -0.05) is 0 Å². The van der Waals surface area contributed by atoms with E-state index in [2.05, 4.69) is 5.32 Å². The number of nitrogens with one attached hydrogen (secondary N) is 1. The first-order valence-corrected chi connectivity index (χ1v) is 8.23. The minimum Gasteiger partial charge on any atom is -0.396 e. The molecule has 116 valence electrons. The van der Waals surface area contributed by atoms with E-state index < -0.39 is 10.0 Å². The molecule has 2 rings (SSSR count). The van der Waals surface area contributed by atoms with Gasteiger partial charge in [-0.15, -0.1) is 0 Å². The van der Waals surface area contributed by atoms with Crippen LogP contribution in [0, 0.1) is 0 Å². The van der Waals surface area contributed by atoms with Gasteiger partial charge in [0.25, 0.3) is 5.91 Å². The number of hydrogen-bond acceptors (Lipinski definition) is 5. The molecule has 1 aliphatic rings. The van der Waals surface area contributed by atoms with E-state index in [1.54, 1.807) is 4.90 Å². The second-order valence-electron chi connectivity index (χ2n) is 4.94. The van der Waals surface area contributed by atoms with E-state index in [9.17, 15) is 13.2 Å². The summed E-state index contributed by atoms with van der Waals surface area (Å²) in [6.45, 7) is 1.91. The SMILES string of the molecule is NS(=O)(=O)c1ccc(C(=O)N2CCNC[C@@H]2CCO)cc1. The Balaban J connectivity index is 2.18. The fourth-order valence-corrected chi connectivity index (χ4v) is 2.90. The molecule has 1 amide bonds. The fraction of sp³-hybridized carbons (Fsp3) is 0.462. The number of piperazine rings is 1. The molecule has 0 unspecified atom stereocenters. The van der Waals surface area contributed by atoms with Gasteiger partial charge >= 0.3 is 0 Å². The molecule has 7 nitrogen and oxygen atoms in total. The van der Waals surface area contributed by atoms with Gasteiger partial charge in [-0.05, 0) is 30.7 Å². The van der Waals surface area contributed by atoms with Crippen LogP contribution < -0.4 is 10.5 Å². The van der Waals surface area contributed by atoms with Crippen molar-refractivity contribution in [3.05, 3.63) is 29.8 Å². The van der Waals surface area contributed by atoms with Crippen LogP contribution in [0.1, 0.15) is 16.8 Å². The van der Waals surface area contributed by atoms with Gasteiger partial charge in [-0.2, -0.15) is 0 Å². The maximum atomic E-state index is 12.5. The Morgan fingerprint density at radius 3 is 2.62 bits per heavy atom. The number of aliphatic hydroxyl groups excluding tert-OH is 1. The highest BCUT2D eigenvalue weighted by molar-refractivity contribution is 7.89. The van der Waals surface area contributed by atoms with E-state index in [0.29, 0.717) is 31.6 Å². The first-order valence-electron chi connectivity index (χ1n) is 6.69. The second kappa shape index (κ2) is 6.52. The summed E-state index contributed by atoms with van der Waals surface area (Å²) >= 11 is 0. The van der Waals surface area contributed by atoms with E-state index in [-0.39, 0.29) is 23.5 Å². The molecule has 0 aromatic heterocycles. The van der Waals surface area contributed by atoms with Crippen LogP contribution in [0.2, 0.25) is 0 Å². The minimum absolute atomic E-state index is 0.0144. The van der Waals surface area contributed by atoms with Crippen LogP contribution in [-0.4, -0.2) is 56.6 Å². The molecule has 21 heavy (non-hydrogen) atoms. The molecule has 1 saturated heterocycles. The van der Waals surface area contributed by atoms with Crippen molar-refractivity contribution in [2.45, 2.75) is 17.4 Å². The fourth-order valence-electron chi connectivity index (χ4n) is 2.39. The molecule has 0 aliphatic carbocycles. The molecule has 1 fully saturated rings. The maximum Gasteiger partial charge on any atom is 0.254 e. The Morgan fingerprint density at radius 1 is 1.38 bits per heavy atom. The summed E-state index contributed by atoms with van der Waals surface area (Å²) < 4.78 is 22.4. The monoisotopic (exact) mass is 313 g/mol. The summed E-state index contributed by atoms with van der Waals surface area (Å²) in [7, 11) is -3.76. The van der Waals surface area contributed by atoms with Gasteiger partial charge in [-0.25, -0.2) is 13.6 Å². The molecule has 0 spiro atoms. The third-order valence-corrected chi connectivity index (χ3v) is 4.43. The third-order valence-electron chi connectivity index (χ3n) is 3.50. The summed E-state index contributed by atoms with van der Waals surface area (Å²) in [4.78, 5) is 14.2. The molecule has 1 atom stereocenters. The molecular formula is C13H19N3O4S. The summed E-state index contributed by atoms with van der Waals surface area (Å²) in [6, 6.07) is 5.51. The van der Waals surface area contributed by atoms with Gasteiger partial charge in [0.1, 0.15) is 0 Å². The van der Waals surface area contributed by atoms with Gasteiger partial charge in [0.2, 0.25) is 10.0 Å². The van der Waals surface area contributed by atoms with Crippen molar-refractivity contribution in [2.24, 2.45) is 5.14 Å². The van der Waals surface area contributed by atoms with E-state index >= 15 is 0 Å². The molecule has 0 saturated carbocycles. The van der Waals surface area contributed by atoms with Crippen LogP contribution in [0.3, 0.4) is 0 Å². The Morgan fingerprint density at radius 2 is 2.05 bits per heavy atom. The summed E-state index contributed by atoms with van der Waals surface area (Å²) in [6.07, 6.45) is 0.508. The lowest BCUT2D eigenvalue weighted by atomic mass is 10.1. The van der Waals surface area contributed by atoms with E-state index in [1.165, 1.54) is 24.3 Å². The number of sulfonamides is 1. The topological polar surface area (TPSA) is 113 Å². The maximum absolute atomic E-state index is 12.5. The Bertz CT molecular complexity index is 598. The van der Waals surface area contributed by atoms with Gasteiger partial charge in [0.05, 0.1) is 4.90 Å². The van der Waals surface area contributed by atoms with Crippen molar-refractivity contribution < 1.29 is 18.3 Å².